The van der Waals surface area contributed by atoms with Crippen LogP contribution in [0.5, 0.6) is 0 Å². The minimum atomic E-state index is -0.648. The number of halogens is 1. The van der Waals surface area contributed by atoms with Crippen LogP contribution in [0.3, 0.4) is 0 Å². The van der Waals surface area contributed by atoms with Gasteiger partial charge in [-0.05, 0) is 35.7 Å². The molecule has 1 fully saturated rings. The van der Waals surface area contributed by atoms with Gasteiger partial charge in [-0.15, -0.1) is 0 Å². The van der Waals surface area contributed by atoms with Gasteiger partial charge in [-0.1, -0.05) is 30.9 Å². The third-order valence-electron chi connectivity index (χ3n) is 4.15. The van der Waals surface area contributed by atoms with Crippen molar-refractivity contribution in [2.24, 2.45) is 0 Å². The number of alkyl carbamates (subject to hydrolysis) is 1. The molecule has 3 atom stereocenters. The lowest BCUT2D eigenvalue weighted by atomic mass is 9.97. The predicted octanol–water partition coefficient (Wildman–Crippen LogP) is 3.26. The first-order valence-electron chi connectivity index (χ1n) is 8.41. The SMILES string of the molecule is CCC(O)CC#Cc1cncc([C@H]2NC(=O)O[C@@H]2c2cccc(F)c2)c1. The van der Waals surface area contributed by atoms with E-state index in [1.807, 2.05) is 13.0 Å². The number of aliphatic hydroxyl groups is 1. The Bertz CT molecular complexity index is 859. The van der Waals surface area contributed by atoms with Crippen molar-refractivity contribution in [3.05, 3.63) is 65.2 Å². The molecule has 1 aromatic carbocycles. The molecule has 134 valence electrons. The summed E-state index contributed by atoms with van der Waals surface area (Å²) in [6.45, 7) is 1.89. The lowest BCUT2D eigenvalue weighted by Crippen LogP contribution is -2.19. The number of aliphatic hydroxyl groups excluding tert-OH is 1. The molecule has 1 aliphatic rings. The number of nitrogens with zero attached hydrogens (tertiary/aromatic N) is 1. The second-order valence-electron chi connectivity index (χ2n) is 6.08. The van der Waals surface area contributed by atoms with Gasteiger partial charge in [0.05, 0.1) is 6.10 Å². The lowest BCUT2D eigenvalue weighted by Gasteiger charge is -2.17. The van der Waals surface area contributed by atoms with E-state index in [0.29, 0.717) is 29.5 Å². The van der Waals surface area contributed by atoms with E-state index in [9.17, 15) is 14.3 Å². The number of ether oxygens (including phenoxy) is 1. The number of pyridine rings is 1. The molecule has 6 heteroatoms. The maximum absolute atomic E-state index is 13.5. The van der Waals surface area contributed by atoms with E-state index in [1.165, 1.54) is 12.1 Å². The van der Waals surface area contributed by atoms with Crippen LogP contribution in [0.15, 0.2) is 42.7 Å². The molecule has 0 spiro atoms. The molecule has 1 saturated heterocycles. The van der Waals surface area contributed by atoms with E-state index in [0.717, 1.165) is 0 Å². The largest absolute Gasteiger partial charge is 0.439 e. The lowest BCUT2D eigenvalue weighted by molar-refractivity contribution is 0.132. The molecule has 0 radical (unpaired) electrons. The van der Waals surface area contributed by atoms with Gasteiger partial charge in [0.1, 0.15) is 11.9 Å². The smallest absolute Gasteiger partial charge is 0.408 e. The van der Waals surface area contributed by atoms with Crippen molar-refractivity contribution in [1.29, 1.82) is 0 Å². The molecular weight excluding hydrogens is 335 g/mol. The third kappa shape index (κ3) is 4.19. The molecule has 0 saturated carbocycles. The molecular formula is C20H19FN2O3. The number of cyclic esters (lactones) is 1. The molecule has 3 rings (SSSR count). The third-order valence-corrected chi connectivity index (χ3v) is 4.15. The van der Waals surface area contributed by atoms with Crippen molar-refractivity contribution < 1.29 is 19.0 Å². The fourth-order valence-corrected chi connectivity index (χ4v) is 2.73. The number of carbonyl (C=O) groups is 1. The fraction of sp³-hybridized carbons (Fsp3) is 0.300. The van der Waals surface area contributed by atoms with E-state index in [1.54, 1.807) is 24.5 Å². The standard InChI is InChI=1S/C20H19FN2O3/c1-2-17(24)8-3-5-13-9-15(12-22-11-13)18-19(26-20(25)23-18)14-6-4-7-16(21)10-14/h4,6-7,9-12,17-19,24H,2,8H2,1H3,(H,23,25)/t17?,18-,19-/m1/s1. The van der Waals surface area contributed by atoms with Crippen LogP contribution in [0.2, 0.25) is 0 Å². The predicted molar refractivity (Wildman–Crippen MR) is 93.5 cm³/mol. The van der Waals surface area contributed by atoms with Crippen molar-refractivity contribution >= 4 is 6.09 Å². The van der Waals surface area contributed by atoms with Gasteiger partial charge in [-0.3, -0.25) is 4.98 Å². The first kappa shape index (κ1) is 17.9. The van der Waals surface area contributed by atoms with E-state index < -0.39 is 30.2 Å². The summed E-state index contributed by atoms with van der Waals surface area (Å²) in [6, 6.07) is 7.30. The molecule has 2 heterocycles. The Morgan fingerprint density at radius 2 is 2.19 bits per heavy atom. The number of nitrogens with one attached hydrogen (secondary N) is 1. The quantitative estimate of drug-likeness (QED) is 0.827. The number of aromatic nitrogens is 1. The van der Waals surface area contributed by atoms with Gasteiger partial charge in [0.15, 0.2) is 6.10 Å². The molecule has 1 aromatic heterocycles. The fourth-order valence-electron chi connectivity index (χ4n) is 2.73. The summed E-state index contributed by atoms with van der Waals surface area (Å²) in [6.07, 6.45) is 2.61. The summed E-state index contributed by atoms with van der Waals surface area (Å²) in [4.78, 5) is 15.9. The van der Waals surface area contributed by atoms with Gasteiger partial charge < -0.3 is 15.2 Å². The summed E-state index contributed by atoms with van der Waals surface area (Å²) in [5.41, 5.74) is 1.95. The molecule has 5 nitrogen and oxygen atoms in total. The van der Waals surface area contributed by atoms with Crippen molar-refractivity contribution in [2.45, 2.75) is 38.0 Å². The Morgan fingerprint density at radius 3 is 2.96 bits per heavy atom. The number of benzene rings is 1. The van der Waals surface area contributed by atoms with Gasteiger partial charge >= 0.3 is 6.09 Å². The topological polar surface area (TPSA) is 71.5 Å². The van der Waals surface area contributed by atoms with Gasteiger partial charge in [0.25, 0.3) is 0 Å². The van der Waals surface area contributed by atoms with Crippen LogP contribution in [0.25, 0.3) is 0 Å². The first-order valence-corrected chi connectivity index (χ1v) is 8.41. The van der Waals surface area contributed by atoms with Crippen LogP contribution in [0.1, 0.15) is 48.6 Å². The average Bonchev–Trinajstić information content (AvgIpc) is 3.04. The Labute approximate surface area is 151 Å². The summed E-state index contributed by atoms with van der Waals surface area (Å²) >= 11 is 0. The second kappa shape index (κ2) is 7.98. The van der Waals surface area contributed by atoms with Crippen LogP contribution in [-0.4, -0.2) is 22.3 Å². The molecule has 26 heavy (non-hydrogen) atoms. The van der Waals surface area contributed by atoms with Crippen LogP contribution >= 0.6 is 0 Å². The van der Waals surface area contributed by atoms with E-state index in [4.69, 9.17) is 4.74 Å². The molecule has 2 N–H and O–H groups in total. The number of hydrogen-bond donors (Lipinski definition) is 2. The highest BCUT2D eigenvalue weighted by atomic mass is 19.1. The van der Waals surface area contributed by atoms with Crippen LogP contribution in [-0.2, 0) is 4.74 Å². The van der Waals surface area contributed by atoms with Crippen molar-refractivity contribution in [3.8, 4) is 11.8 Å². The highest BCUT2D eigenvalue weighted by molar-refractivity contribution is 5.71. The second-order valence-corrected chi connectivity index (χ2v) is 6.08. The highest BCUT2D eigenvalue weighted by Gasteiger charge is 2.36. The average molecular weight is 354 g/mol. The van der Waals surface area contributed by atoms with E-state index in [2.05, 4.69) is 22.1 Å². The van der Waals surface area contributed by atoms with E-state index in [-0.39, 0.29) is 0 Å². The summed E-state index contributed by atoms with van der Waals surface area (Å²) in [7, 11) is 0. The monoisotopic (exact) mass is 354 g/mol. The van der Waals surface area contributed by atoms with Gasteiger partial charge in [0.2, 0.25) is 0 Å². The summed E-state index contributed by atoms with van der Waals surface area (Å²) in [5, 5.41) is 12.3. The zero-order valence-electron chi connectivity index (χ0n) is 14.3. The normalized spacial score (nSPS) is 19.9. The number of rotatable bonds is 4. The first-order chi connectivity index (χ1) is 12.6. The maximum atomic E-state index is 13.5. The zero-order valence-corrected chi connectivity index (χ0v) is 14.3. The van der Waals surface area contributed by atoms with Crippen LogP contribution < -0.4 is 5.32 Å². The molecule has 0 bridgehead atoms. The van der Waals surface area contributed by atoms with Crippen LogP contribution in [0.4, 0.5) is 9.18 Å². The van der Waals surface area contributed by atoms with Gasteiger partial charge in [-0.2, -0.15) is 0 Å². The molecule has 1 aliphatic heterocycles. The summed E-state index contributed by atoms with van der Waals surface area (Å²) in [5.74, 6) is 5.49. The van der Waals surface area contributed by atoms with Gasteiger partial charge in [0, 0.05) is 24.4 Å². The minimum Gasteiger partial charge on any atom is -0.439 e. The van der Waals surface area contributed by atoms with Crippen molar-refractivity contribution in [2.75, 3.05) is 0 Å². The zero-order chi connectivity index (χ0) is 18.5. The van der Waals surface area contributed by atoms with E-state index >= 15 is 0 Å². The highest BCUT2D eigenvalue weighted by Crippen LogP contribution is 2.36. The van der Waals surface area contributed by atoms with Crippen molar-refractivity contribution in [3.63, 3.8) is 0 Å². The van der Waals surface area contributed by atoms with Crippen molar-refractivity contribution in [1.82, 2.24) is 10.3 Å². The van der Waals surface area contributed by atoms with Crippen LogP contribution in [0, 0.1) is 17.7 Å². The number of amides is 1. The Kier molecular flexibility index (Phi) is 5.49. The Morgan fingerprint density at radius 1 is 1.35 bits per heavy atom. The molecule has 1 unspecified atom stereocenters. The molecule has 0 aliphatic carbocycles. The number of carbonyl (C=O) groups excluding carboxylic acids is 1. The Hall–Kier alpha value is -2.91. The number of hydrogen-bond acceptors (Lipinski definition) is 4. The maximum Gasteiger partial charge on any atom is 0.408 e. The Balaban J connectivity index is 1.85. The molecule has 2 aromatic rings. The molecule has 1 amide bonds. The van der Waals surface area contributed by atoms with Gasteiger partial charge in [-0.25, -0.2) is 9.18 Å². The minimum absolute atomic E-state index is 0.385. The summed E-state index contributed by atoms with van der Waals surface area (Å²) < 4.78 is 18.9.